The number of esters is 1. The van der Waals surface area contributed by atoms with Crippen molar-refractivity contribution in [2.75, 3.05) is 7.11 Å². The Bertz CT molecular complexity index is 633. The van der Waals surface area contributed by atoms with E-state index in [1.807, 2.05) is 13.8 Å². The van der Waals surface area contributed by atoms with Gasteiger partial charge >= 0.3 is 5.97 Å². The van der Waals surface area contributed by atoms with E-state index in [-0.39, 0.29) is 22.2 Å². The normalized spacial score (nSPS) is 13.7. The highest BCUT2D eigenvalue weighted by molar-refractivity contribution is 5.76. The number of carbonyl (C=O) groups is 1. The minimum Gasteiger partial charge on any atom is -0.507 e. The highest BCUT2D eigenvalue weighted by Crippen LogP contribution is 2.44. The van der Waals surface area contributed by atoms with Crippen LogP contribution in [0.3, 0.4) is 0 Å². The zero-order valence-electron chi connectivity index (χ0n) is 18.6. The van der Waals surface area contributed by atoms with E-state index in [1.54, 1.807) is 0 Å². The summed E-state index contributed by atoms with van der Waals surface area (Å²) in [5, 5.41) is 10.9. The topological polar surface area (TPSA) is 46.5 Å². The second kappa shape index (κ2) is 6.90. The van der Waals surface area contributed by atoms with Crippen LogP contribution in [0.2, 0.25) is 0 Å². The van der Waals surface area contributed by atoms with Gasteiger partial charge in [-0.1, -0.05) is 67.5 Å². The Kier molecular flexibility index (Phi) is 5.98. The Labute approximate surface area is 160 Å². The highest BCUT2D eigenvalue weighted by Gasteiger charge is 2.38. The molecule has 0 heterocycles. The second-order valence-corrected chi connectivity index (χ2v) is 10.9. The van der Waals surface area contributed by atoms with Gasteiger partial charge in [-0.05, 0) is 53.2 Å². The predicted octanol–water partition coefficient (Wildman–Crippen LogP) is 5.85. The number of carbonyl (C=O) groups excluding carboxylic acids is 1. The van der Waals surface area contributed by atoms with Crippen LogP contribution in [0.15, 0.2) is 12.1 Å². The van der Waals surface area contributed by atoms with Crippen molar-refractivity contribution in [3.05, 3.63) is 28.8 Å². The Morgan fingerprint density at radius 2 is 1.27 bits per heavy atom. The van der Waals surface area contributed by atoms with Gasteiger partial charge in [-0.15, -0.1) is 0 Å². The lowest BCUT2D eigenvalue weighted by atomic mass is 9.68. The molecule has 0 unspecified atom stereocenters. The number of phenols is 1. The summed E-state index contributed by atoms with van der Waals surface area (Å²) in [4.78, 5) is 12.2. The van der Waals surface area contributed by atoms with E-state index in [9.17, 15) is 9.90 Å². The molecule has 3 nitrogen and oxygen atoms in total. The fraction of sp³-hybridized carbons (Fsp3) is 0.696. The Morgan fingerprint density at radius 3 is 1.58 bits per heavy atom. The number of hydrogen-bond acceptors (Lipinski definition) is 3. The maximum atomic E-state index is 12.2. The third-order valence-corrected chi connectivity index (χ3v) is 5.13. The van der Waals surface area contributed by atoms with Crippen molar-refractivity contribution in [3.8, 4) is 5.75 Å². The molecule has 0 saturated heterocycles. The number of benzene rings is 1. The van der Waals surface area contributed by atoms with Crippen LogP contribution in [0.25, 0.3) is 0 Å². The molecule has 0 radical (unpaired) electrons. The second-order valence-electron chi connectivity index (χ2n) is 10.9. The number of aromatic hydroxyl groups is 1. The number of ether oxygens (including phenoxy) is 1. The van der Waals surface area contributed by atoms with Gasteiger partial charge in [0, 0.05) is 0 Å². The lowest BCUT2D eigenvalue weighted by molar-refractivity contribution is -0.151. The van der Waals surface area contributed by atoms with Gasteiger partial charge in [0.15, 0.2) is 0 Å². The molecule has 1 N–H and O–H groups in total. The number of rotatable bonds is 4. The largest absolute Gasteiger partial charge is 0.507 e. The fourth-order valence-electron chi connectivity index (χ4n) is 3.72. The van der Waals surface area contributed by atoms with Gasteiger partial charge in [-0.3, -0.25) is 4.79 Å². The van der Waals surface area contributed by atoms with Gasteiger partial charge in [0.05, 0.1) is 12.5 Å². The van der Waals surface area contributed by atoms with E-state index in [4.69, 9.17) is 4.74 Å². The van der Waals surface area contributed by atoms with Crippen LogP contribution in [0, 0.1) is 5.41 Å². The zero-order chi connectivity index (χ0) is 20.7. The molecule has 0 bridgehead atoms. The smallest absolute Gasteiger partial charge is 0.311 e. The molecule has 0 aliphatic carbocycles. The van der Waals surface area contributed by atoms with Gasteiger partial charge in [0.25, 0.3) is 0 Å². The van der Waals surface area contributed by atoms with Crippen molar-refractivity contribution in [2.24, 2.45) is 5.41 Å². The van der Waals surface area contributed by atoms with Crippen LogP contribution in [-0.4, -0.2) is 18.2 Å². The predicted molar refractivity (Wildman–Crippen MR) is 109 cm³/mol. The number of phenolic OH excluding ortho intramolecular Hbond substituents is 1. The molecule has 3 heteroatoms. The Morgan fingerprint density at radius 1 is 0.885 bits per heavy atom. The summed E-state index contributed by atoms with van der Waals surface area (Å²) >= 11 is 0. The van der Waals surface area contributed by atoms with Crippen LogP contribution in [-0.2, 0) is 25.8 Å². The summed E-state index contributed by atoms with van der Waals surface area (Å²) in [6.45, 7) is 20.9. The van der Waals surface area contributed by atoms with Gasteiger partial charge in [-0.25, -0.2) is 0 Å². The molecular weight excluding hydrogens is 324 g/mol. The highest BCUT2D eigenvalue weighted by atomic mass is 16.5. The lowest BCUT2D eigenvalue weighted by Gasteiger charge is -2.36. The molecule has 0 amide bonds. The van der Waals surface area contributed by atoms with Crippen LogP contribution in [0.5, 0.6) is 5.75 Å². The summed E-state index contributed by atoms with van der Waals surface area (Å²) in [5.74, 6) is 0.188. The summed E-state index contributed by atoms with van der Waals surface area (Å²) in [6.07, 6.45) is 0.657. The molecule has 0 aliphatic heterocycles. The minimum atomic E-state index is -0.583. The molecule has 0 fully saturated rings. The van der Waals surface area contributed by atoms with Crippen LogP contribution >= 0.6 is 0 Å². The maximum absolute atomic E-state index is 12.2. The van der Waals surface area contributed by atoms with Crippen molar-refractivity contribution in [3.63, 3.8) is 0 Å². The van der Waals surface area contributed by atoms with Crippen molar-refractivity contribution in [1.82, 2.24) is 0 Å². The van der Waals surface area contributed by atoms with Crippen LogP contribution in [0.4, 0.5) is 0 Å². The molecule has 0 aliphatic rings. The van der Waals surface area contributed by atoms with E-state index in [2.05, 4.69) is 67.5 Å². The summed E-state index contributed by atoms with van der Waals surface area (Å²) < 4.78 is 4.99. The van der Waals surface area contributed by atoms with Crippen molar-refractivity contribution in [2.45, 2.75) is 91.9 Å². The molecule has 1 rings (SSSR count). The van der Waals surface area contributed by atoms with Crippen LogP contribution in [0.1, 0.15) is 92.3 Å². The van der Waals surface area contributed by atoms with E-state index >= 15 is 0 Å². The summed E-state index contributed by atoms with van der Waals surface area (Å²) in [7, 11) is 1.44. The van der Waals surface area contributed by atoms with Crippen molar-refractivity contribution in [1.29, 1.82) is 0 Å². The molecule has 1 aromatic rings. The van der Waals surface area contributed by atoms with Crippen molar-refractivity contribution >= 4 is 5.97 Å². The maximum Gasteiger partial charge on any atom is 0.311 e. The standard InChI is InChI=1S/C23H38O3/c1-20(2,3)16-12-15(13-17(18(16)24)21(4,5)6)22(7,8)14-23(9,10)19(25)26-11/h12-13,24H,14H2,1-11H3. The average molecular weight is 363 g/mol. The minimum absolute atomic E-state index is 0.173. The van der Waals surface area contributed by atoms with Gasteiger partial charge in [-0.2, -0.15) is 0 Å². The van der Waals surface area contributed by atoms with Gasteiger partial charge < -0.3 is 9.84 Å². The fourth-order valence-corrected chi connectivity index (χ4v) is 3.72. The van der Waals surface area contributed by atoms with E-state index in [1.165, 1.54) is 7.11 Å². The monoisotopic (exact) mass is 362 g/mol. The first-order valence-corrected chi connectivity index (χ1v) is 9.40. The number of methoxy groups -OCH3 is 1. The molecule has 0 aromatic heterocycles. The third kappa shape index (κ3) is 4.81. The molecular formula is C23H38O3. The first-order valence-electron chi connectivity index (χ1n) is 9.40. The van der Waals surface area contributed by atoms with Gasteiger partial charge in [0.2, 0.25) is 0 Å². The lowest BCUT2D eigenvalue weighted by Crippen LogP contribution is -2.34. The zero-order valence-corrected chi connectivity index (χ0v) is 18.6. The van der Waals surface area contributed by atoms with E-state index < -0.39 is 5.41 Å². The van der Waals surface area contributed by atoms with E-state index in [0.29, 0.717) is 12.2 Å². The first-order chi connectivity index (χ1) is 11.4. The van der Waals surface area contributed by atoms with Gasteiger partial charge in [0.1, 0.15) is 5.75 Å². The number of hydrogen-bond donors (Lipinski definition) is 1. The molecule has 0 saturated carbocycles. The summed E-state index contributed by atoms with van der Waals surface area (Å²) in [5.41, 5.74) is 1.86. The molecule has 0 atom stereocenters. The van der Waals surface area contributed by atoms with E-state index in [0.717, 1.165) is 16.7 Å². The van der Waals surface area contributed by atoms with Crippen molar-refractivity contribution < 1.29 is 14.6 Å². The molecule has 148 valence electrons. The Hall–Kier alpha value is -1.51. The third-order valence-electron chi connectivity index (χ3n) is 5.13. The van der Waals surface area contributed by atoms with Crippen LogP contribution < -0.4 is 0 Å². The quantitative estimate of drug-likeness (QED) is 0.683. The molecule has 0 spiro atoms. The first kappa shape index (κ1) is 22.5. The summed E-state index contributed by atoms with van der Waals surface area (Å²) in [6, 6.07) is 4.22. The Balaban J connectivity index is 3.59. The molecule has 26 heavy (non-hydrogen) atoms. The average Bonchev–Trinajstić information content (AvgIpc) is 2.42. The molecule has 1 aromatic carbocycles. The SMILES string of the molecule is COC(=O)C(C)(C)CC(C)(C)c1cc(C(C)(C)C)c(O)c(C(C)(C)C)c1.